The van der Waals surface area contributed by atoms with Crippen LogP contribution in [0, 0.1) is 6.92 Å². The summed E-state index contributed by atoms with van der Waals surface area (Å²) in [4.78, 5) is 17.3. The first-order valence-corrected chi connectivity index (χ1v) is 2.84. The molecule has 0 amide bonds. The Morgan fingerprint density at radius 1 is 1.80 bits per heavy atom. The van der Waals surface area contributed by atoms with E-state index in [4.69, 9.17) is 0 Å². The predicted molar refractivity (Wildman–Crippen MR) is 34.7 cm³/mol. The number of rotatable bonds is 1. The Bertz CT molecular complexity index is 242. The highest BCUT2D eigenvalue weighted by molar-refractivity contribution is 5.86. The molecule has 0 saturated carbocycles. The summed E-state index contributed by atoms with van der Waals surface area (Å²) in [5, 5.41) is 0. The highest BCUT2D eigenvalue weighted by Crippen LogP contribution is 1.96. The van der Waals surface area contributed by atoms with Gasteiger partial charge >= 0.3 is 5.97 Å². The molecule has 1 rings (SSSR count). The number of ether oxygens (including phenoxy) is 1. The lowest BCUT2D eigenvalue weighted by atomic mass is 10.5. The Hall–Kier alpha value is -1.32. The largest absolute Gasteiger partial charge is 0.464 e. The second kappa shape index (κ2) is 2.51. The second-order valence-corrected chi connectivity index (χ2v) is 1.87. The number of nitrogens with zero attached hydrogens (tertiary/aromatic N) is 1. The van der Waals surface area contributed by atoms with E-state index in [1.807, 2.05) is 0 Å². The summed E-state index contributed by atoms with van der Waals surface area (Å²) in [6.07, 6.45) is 1.45. The maximum absolute atomic E-state index is 10.7. The third-order valence-corrected chi connectivity index (χ3v) is 1.11. The summed E-state index contributed by atoms with van der Waals surface area (Å²) in [5.74, 6) is 0.320. The molecule has 4 heteroatoms. The minimum Gasteiger partial charge on any atom is -0.464 e. The molecule has 0 aliphatic heterocycles. The van der Waals surface area contributed by atoms with Crippen LogP contribution in [0.2, 0.25) is 0 Å². The topological polar surface area (TPSA) is 55.0 Å². The highest BCUT2D eigenvalue weighted by atomic mass is 16.5. The minimum atomic E-state index is -0.388. The number of esters is 1. The van der Waals surface area contributed by atoms with Crippen molar-refractivity contribution >= 4 is 5.97 Å². The predicted octanol–water partition coefficient (Wildman–Crippen LogP) is 0.505. The zero-order valence-electron chi connectivity index (χ0n) is 5.84. The van der Waals surface area contributed by atoms with E-state index in [2.05, 4.69) is 14.7 Å². The third-order valence-electron chi connectivity index (χ3n) is 1.11. The molecule has 0 aromatic carbocycles. The molecule has 0 fully saturated rings. The molecule has 0 spiro atoms. The molecule has 54 valence electrons. The fourth-order valence-corrected chi connectivity index (χ4v) is 0.635. The van der Waals surface area contributed by atoms with Crippen molar-refractivity contribution in [2.75, 3.05) is 7.11 Å². The van der Waals surface area contributed by atoms with E-state index < -0.39 is 0 Å². The number of aromatic nitrogens is 2. The first-order chi connectivity index (χ1) is 4.74. The van der Waals surface area contributed by atoms with E-state index in [-0.39, 0.29) is 5.97 Å². The molecule has 0 aliphatic carbocycles. The van der Waals surface area contributed by atoms with Crippen LogP contribution in [0.5, 0.6) is 0 Å². The normalized spacial score (nSPS) is 9.40. The van der Waals surface area contributed by atoms with E-state index in [9.17, 15) is 4.79 Å². The van der Waals surface area contributed by atoms with E-state index in [0.717, 1.165) is 0 Å². The summed E-state index contributed by atoms with van der Waals surface area (Å²) in [5.41, 5.74) is 0.389. The van der Waals surface area contributed by atoms with Crippen molar-refractivity contribution < 1.29 is 9.53 Å². The van der Waals surface area contributed by atoms with Crippen molar-refractivity contribution in [2.24, 2.45) is 0 Å². The average molecular weight is 140 g/mol. The fraction of sp³-hybridized carbons (Fsp3) is 0.333. The average Bonchev–Trinajstić information content (AvgIpc) is 2.34. The van der Waals surface area contributed by atoms with Gasteiger partial charge in [-0.3, -0.25) is 0 Å². The van der Waals surface area contributed by atoms with Crippen LogP contribution in [0.4, 0.5) is 0 Å². The van der Waals surface area contributed by atoms with Crippen molar-refractivity contribution in [2.45, 2.75) is 6.92 Å². The lowest BCUT2D eigenvalue weighted by Crippen LogP contribution is -2.00. The van der Waals surface area contributed by atoms with Gasteiger partial charge in [-0.05, 0) is 6.92 Å². The zero-order chi connectivity index (χ0) is 7.56. The lowest BCUT2D eigenvalue weighted by Gasteiger charge is -1.91. The van der Waals surface area contributed by atoms with Crippen molar-refractivity contribution in [3.8, 4) is 0 Å². The summed E-state index contributed by atoms with van der Waals surface area (Å²) >= 11 is 0. The lowest BCUT2D eigenvalue weighted by molar-refractivity contribution is 0.0594. The maximum atomic E-state index is 10.7. The summed E-state index contributed by atoms with van der Waals surface area (Å²) in [6.45, 7) is 1.77. The molecule has 0 saturated heterocycles. The molecule has 1 aromatic heterocycles. The van der Waals surface area contributed by atoms with Gasteiger partial charge in [-0.2, -0.15) is 0 Å². The van der Waals surface area contributed by atoms with E-state index in [1.165, 1.54) is 13.3 Å². The monoisotopic (exact) mass is 140 g/mol. The van der Waals surface area contributed by atoms with Crippen LogP contribution < -0.4 is 0 Å². The summed E-state index contributed by atoms with van der Waals surface area (Å²) in [6, 6.07) is 0. The molecule has 0 radical (unpaired) electrons. The van der Waals surface area contributed by atoms with Crippen molar-refractivity contribution in [3.05, 3.63) is 17.7 Å². The first-order valence-electron chi connectivity index (χ1n) is 2.84. The van der Waals surface area contributed by atoms with Crippen LogP contribution in [-0.2, 0) is 4.74 Å². The standard InChI is InChI=1S/C6H8N2O2/c1-4-7-3-5(8-4)6(9)10-2/h3H,1-2H3,(H,7,8). The number of methoxy groups -OCH3 is 1. The van der Waals surface area contributed by atoms with Gasteiger partial charge in [0.05, 0.1) is 13.3 Å². The van der Waals surface area contributed by atoms with E-state index in [1.54, 1.807) is 6.92 Å². The van der Waals surface area contributed by atoms with Crippen LogP contribution in [-0.4, -0.2) is 23.0 Å². The van der Waals surface area contributed by atoms with Crippen LogP contribution in [0.15, 0.2) is 6.20 Å². The molecular weight excluding hydrogens is 132 g/mol. The minimum absolute atomic E-state index is 0.388. The Morgan fingerprint density at radius 3 is 2.90 bits per heavy atom. The van der Waals surface area contributed by atoms with Crippen LogP contribution in [0.3, 0.4) is 0 Å². The van der Waals surface area contributed by atoms with Gasteiger partial charge in [0, 0.05) is 0 Å². The number of imidazole rings is 1. The van der Waals surface area contributed by atoms with E-state index >= 15 is 0 Å². The molecule has 0 bridgehead atoms. The SMILES string of the molecule is COC(=O)c1cnc(C)[nH]1. The molecule has 10 heavy (non-hydrogen) atoms. The van der Waals surface area contributed by atoms with Gasteiger partial charge in [0.2, 0.25) is 0 Å². The Balaban J connectivity index is 2.85. The van der Waals surface area contributed by atoms with Gasteiger partial charge in [-0.1, -0.05) is 0 Å². The molecule has 0 unspecified atom stereocenters. The number of hydrogen-bond acceptors (Lipinski definition) is 3. The van der Waals surface area contributed by atoms with Gasteiger partial charge in [-0.25, -0.2) is 9.78 Å². The Labute approximate surface area is 58.2 Å². The maximum Gasteiger partial charge on any atom is 0.356 e. The quantitative estimate of drug-likeness (QED) is 0.578. The molecular formula is C6H8N2O2. The number of H-pyrrole nitrogens is 1. The molecule has 0 atom stereocenters. The number of hydrogen-bond donors (Lipinski definition) is 1. The van der Waals surface area contributed by atoms with Gasteiger partial charge in [0.25, 0.3) is 0 Å². The van der Waals surface area contributed by atoms with Crippen molar-refractivity contribution in [1.82, 2.24) is 9.97 Å². The Morgan fingerprint density at radius 2 is 2.50 bits per heavy atom. The molecule has 1 heterocycles. The number of nitrogens with one attached hydrogen (secondary N) is 1. The highest BCUT2D eigenvalue weighted by Gasteiger charge is 2.05. The molecule has 4 nitrogen and oxygen atoms in total. The van der Waals surface area contributed by atoms with Gasteiger partial charge < -0.3 is 9.72 Å². The third kappa shape index (κ3) is 1.15. The van der Waals surface area contributed by atoms with Crippen molar-refractivity contribution in [3.63, 3.8) is 0 Å². The first kappa shape index (κ1) is 6.80. The fourth-order valence-electron chi connectivity index (χ4n) is 0.635. The molecule has 1 N–H and O–H groups in total. The molecule has 1 aromatic rings. The molecule has 0 aliphatic rings. The Kier molecular flexibility index (Phi) is 1.71. The zero-order valence-corrected chi connectivity index (χ0v) is 5.84. The van der Waals surface area contributed by atoms with Gasteiger partial charge in [0.1, 0.15) is 11.5 Å². The van der Waals surface area contributed by atoms with Crippen LogP contribution in [0.1, 0.15) is 16.3 Å². The second-order valence-electron chi connectivity index (χ2n) is 1.87. The smallest absolute Gasteiger partial charge is 0.356 e. The summed E-state index contributed by atoms with van der Waals surface area (Å²) in [7, 11) is 1.33. The number of carbonyl (C=O) groups excluding carboxylic acids is 1. The number of aryl methyl sites for hydroxylation is 1. The van der Waals surface area contributed by atoms with Crippen LogP contribution >= 0.6 is 0 Å². The van der Waals surface area contributed by atoms with Gasteiger partial charge in [0.15, 0.2) is 0 Å². The van der Waals surface area contributed by atoms with Crippen molar-refractivity contribution in [1.29, 1.82) is 0 Å². The number of carbonyl (C=O) groups is 1. The van der Waals surface area contributed by atoms with E-state index in [0.29, 0.717) is 11.5 Å². The van der Waals surface area contributed by atoms with Crippen LogP contribution in [0.25, 0.3) is 0 Å². The number of aromatic amines is 1. The summed E-state index contributed by atoms with van der Waals surface area (Å²) < 4.78 is 4.44. The van der Waals surface area contributed by atoms with Gasteiger partial charge in [-0.15, -0.1) is 0 Å².